The van der Waals surface area contributed by atoms with E-state index in [4.69, 9.17) is 14.2 Å². The van der Waals surface area contributed by atoms with Crippen molar-refractivity contribution in [2.75, 3.05) is 6.79 Å². The molecule has 1 aliphatic heterocycles. The number of ether oxygens (including phenoxy) is 3. The normalized spacial score (nSPS) is 13.6. The largest absolute Gasteiger partial charge is 0.480 e. The number of carboxylic acid groups (broad SMARTS) is 1. The van der Waals surface area contributed by atoms with E-state index >= 15 is 0 Å². The van der Waals surface area contributed by atoms with Gasteiger partial charge in [-0.2, -0.15) is 0 Å². The van der Waals surface area contributed by atoms with Gasteiger partial charge in [0.15, 0.2) is 11.5 Å². The van der Waals surface area contributed by atoms with Crippen LogP contribution in [0.25, 0.3) is 11.1 Å². The topological polar surface area (TPSA) is 94.1 Å². The average Bonchev–Trinajstić information content (AvgIpc) is 3.41. The number of aliphatic carboxylic acids is 1. The molecule has 3 aromatic rings. The summed E-state index contributed by atoms with van der Waals surface area (Å²) in [4.78, 5) is 25.0. The molecule has 0 aliphatic carbocycles. The number of nitrogens with one attached hydrogen (secondary N) is 1. The lowest BCUT2D eigenvalue weighted by Crippen LogP contribution is -2.40. The van der Waals surface area contributed by atoms with E-state index in [9.17, 15) is 14.7 Å². The Balaban J connectivity index is 1.61. The van der Waals surface area contributed by atoms with E-state index in [1.807, 2.05) is 68.4 Å². The maximum absolute atomic E-state index is 13.3. The molecule has 39 heavy (non-hydrogen) atoms. The molecule has 2 N–H and O–H groups in total. The Labute approximate surface area is 230 Å². The van der Waals surface area contributed by atoms with Gasteiger partial charge < -0.3 is 24.6 Å². The first-order valence-corrected chi connectivity index (χ1v) is 13.6. The number of carbonyl (C=O) groups excluding carboxylic acids is 1. The number of hydrogen-bond donors (Lipinski definition) is 2. The summed E-state index contributed by atoms with van der Waals surface area (Å²) in [5.74, 6) is 0.0448. The molecular weight excluding hydrogens is 494 g/mol. The van der Waals surface area contributed by atoms with Crippen LogP contribution in [-0.2, 0) is 16.1 Å². The van der Waals surface area contributed by atoms with Gasteiger partial charge in [-0.05, 0) is 71.8 Å². The summed E-state index contributed by atoms with van der Waals surface area (Å²) in [7, 11) is 0. The zero-order valence-electron chi connectivity index (χ0n) is 22.9. The monoisotopic (exact) mass is 531 g/mol. The Morgan fingerprint density at radius 2 is 1.74 bits per heavy atom. The Bertz CT molecular complexity index is 1300. The van der Waals surface area contributed by atoms with Crippen molar-refractivity contribution in [3.8, 4) is 22.6 Å². The van der Waals surface area contributed by atoms with E-state index < -0.39 is 17.9 Å². The molecule has 0 aromatic heterocycles. The molecule has 0 fully saturated rings. The fourth-order valence-corrected chi connectivity index (χ4v) is 4.81. The van der Waals surface area contributed by atoms with E-state index in [0.717, 1.165) is 58.6 Å². The van der Waals surface area contributed by atoms with Crippen LogP contribution in [0, 0.1) is 6.92 Å². The molecule has 1 aliphatic rings. The van der Waals surface area contributed by atoms with Crippen LogP contribution in [-0.4, -0.2) is 29.8 Å². The lowest BCUT2D eigenvalue weighted by atomic mass is 9.93. The van der Waals surface area contributed by atoms with Crippen molar-refractivity contribution < 1.29 is 28.9 Å². The van der Waals surface area contributed by atoms with Gasteiger partial charge in [0.2, 0.25) is 6.79 Å². The molecule has 1 amide bonds. The standard InChI is InChI=1S/C32H37NO6/c1-4-6-12-28(23-14-16-29-30(18-23)39-20-38-29)37-19-22-13-15-25(31(34)33-27(9-5-2)32(35)36)26(17-22)24-11-8-7-10-21(24)3/h7-8,10-11,13-18,27-28H,4-6,9,12,19-20H2,1-3H3,(H,33,34)(H,35,36)/t27-,28-/m0/s1. The third-order valence-electron chi connectivity index (χ3n) is 6.98. The molecule has 0 bridgehead atoms. The van der Waals surface area contributed by atoms with Crippen LogP contribution in [0.15, 0.2) is 60.7 Å². The number of carboxylic acids is 1. The highest BCUT2D eigenvalue weighted by molar-refractivity contribution is 6.02. The fraction of sp³-hybridized carbons (Fsp3) is 0.375. The van der Waals surface area contributed by atoms with Gasteiger partial charge in [-0.3, -0.25) is 4.79 Å². The number of hydrogen-bond acceptors (Lipinski definition) is 5. The summed E-state index contributed by atoms with van der Waals surface area (Å²) in [5, 5.41) is 12.3. The van der Waals surface area contributed by atoms with Crippen molar-refractivity contribution in [2.24, 2.45) is 0 Å². The first-order chi connectivity index (χ1) is 18.9. The van der Waals surface area contributed by atoms with E-state index in [-0.39, 0.29) is 12.9 Å². The fourth-order valence-electron chi connectivity index (χ4n) is 4.81. The van der Waals surface area contributed by atoms with Crippen molar-refractivity contribution in [3.63, 3.8) is 0 Å². The summed E-state index contributed by atoms with van der Waals surface area (Å²) in [6.07, 6.45) is 3.85. The molecule has 0 unspecified atom stereocenters. The smallest absolute Gasteiger partial charge is 0.326 e. The molecule has 206 valence electrons. The molecule has 4 rings (SSSR count). The third kappa shape index (κ3) is 6.98. The Hall–Kier alpha value is -3.84. The van der Waals surface area contributed by atoms with E-state index in [0.29, 0.717) is 25.0 Å². The number of fused-ring (bicyclic) bond motifs is 1. The minimum atomic E-state index is -1.03. The molecule has 3 aromatic carbocycles. The minimum absolute atomic E-state index is 0.116. The van der Waals surface area contributed by atoms with Gasteiger partial charge in [-0.1, -0.05) is 69.5 Å². The number of rotatable bonds is 13. The van der Waals surface area contributed by atoms with Gasteiger partial charge in [-0.15, -0.1) is 0 Å². The van der Waals surface area contributed by atoms with E-state index in [2.05, 4.69) is 12.2 Å². The van der Waals surface area contributed by atoms with Crippen LogP contribution in [0.5, 0.6) is 11.5 Å². The minimum Gasteiger partial charge on any atom is -0.480 e. The SMILES string of the molecule is CCCC[C@H](OCc1ccc(C(=O)N[C@@H](CCC)C(=O)O)c(-c2ccccc2C)c1)c1ccc2c(c1)OCO2. The number of amides is 1. The zero-order chi connectivity index (χ0) is 27.8. The first kappa shape index (κ1) is 28.2. The number of unbranched alkanes of at least 4 members (excludes halogenated alkanes) is 1. The summed E-state index contributed by atoms with van der Waals surface area (Å²) in [5.41, 5.74) is 5.10. The quantitative estimate of drug-likeness (QED) is 0.251. The molecule has 0 saturated heterocycles. The zero-order valence-corrected chi connectivity index (χ0v) is 22.9. The molecule has 7 nitrogen and oxygen atoms in total. The second kappa shape index (κ2) is 13.3. The van der Waals surface area contributed by atoms with Crippen LogP contribution in [0.4, 0.5) is 0 Å². The molecule has 1 heterocycles. The van der Waals surface area contributed by atoms with E-state index in [1.54, 1.807) is 6.07 Å². The number of carbonyl (C=O) groups is 2. The molecular formula is C32H37NO6. The molecule has 0 saturated carbocycles. The second-order valence-electron chi connectivity index (χ2n) is 9.90. The first-order valence-electron chi connectivity index (χ1n) is 13.6. The van der Waals surface area contributed by atoms with Gasteiger partial charge in [0.25, 0.3) is 5.91 Å². The number of aryl methyl sites for hydroxylation is 1. The molecule has 0 spiro atoms. The van der Waals surface area contributed by atoms with Gasteiger partial charge in [0, 0.05) is 5.56 Å². The Kier molecular flexibility index (Phi) is 9.60. The van der Waals surface area contributed by atoms with Gasteiger partial charge >= 0.3 is 5.97 Å². The lowest BCUT2D eigenvalue weighted by Gasteiger charge is -2.20. The summed E-state index contributed by atoms with van der Waals surface area (Å²) in [6, 6.07) is 18.5. The third-order valence-corrected chi connectivity index (χ3v) is 6.98. The molecule has 7 heteroatoms. The van der Waals surface area contributed by atoms with Crippen molar-refractivity contribution >= 4 is 11.9 Å². The highest BCUT2D eigenvalue weighted by Gasteiger charge is 2.23. The summed E-state index contributed by atoms with van der Waals surface area (Å²) in [6.45, 7) is 6.64. The Morgan fingerprint density at radius 3 is 2.49 bits per heavy atom. The Morgan fingerprint density at radius 1 is 0.949 bits per heavy atom. The highest BCUT2D eigenvalue weighted by Crippen LogP contribution is 2.37. The predicted octanol–water partition coefficient (Wildman–Crippen LogP) is 6.82. The van der Waals surface area contributed by atoms with Crippen molar-refractivity contribution in [3.05, 3.63) is 82.9 Å². The van der Waals surface area contributed by atoms with Gasteiger partial charge in [0.05, 0.1) is 12.7 Å². The van der Waals surface area contributed by atoms with Crippen LogP contribution in [0.2, 0.25) is 0 Å². The van der Waals surface area contributed by atoms with Crippen molar-refractivity contribution in [1.82, 2.24) is 5.32 Å². The summed E-state index contributed by atoms with van der Waals surface area (Å²) < 4.78 is 17.5. The molecule has 2 atom stereocenters. The predicted molar refractivity (Wildman–Crippen MR) is 150 cm³/mol. The number of benzene rings is 3. The van der Waals surface area contributed by atoms with Crippen LogP contribution >= 0.6 is 0 Å². The van der Waals surface area contributed by atoms with Gasteiger partial charge in [0.1, 0.15) is 6.04 Å². The average molecular weight is 532 g/mol. The summed E-state index contributed by atoms with van der Waals surface area (Å²) >= 11 is 0. The van der Waals surface area contributed by atoms with Crippen molar-refractivity contribution in [2.45, 2.75) is 71.6 Å². The maximum Gasteiger partial charge on any atom is 0.326 e. The van der Waals surface area contributed by atoms with E-state index in [1.165, 1.54) is 0 Å². The van der Waals surface area contributed by atoms with Crippen molar-refractivity contribution in [1.29, 1.82) is 0 Å². The van der Waals surface area contributed by atoms with Crippen LogP contribution in [0.1, 0.15) is 79.1 Å². The lowest BCUT2D eigenvalue weighted by molar-refractivity contribution is -0.139. The van der Waals surface area contributed by atoms with Gasteiger partial charge in [-0.25, -0.2) is 4.79 Å². The highest BCUT2D eigenvalue weighted by atomic mass is 16.7. The van der Waals surface area contributed by atoms with Crippen LogP contribution < -0.4 is 14.8 Å². The molecule has 0 radical (unpaired) electrons. The second-order valence-corrected chi connectivity index (χ2v) is 9.90. The maximum atomic E-state index is 13.3. The van der Waals surface area contributed by atoms with Crippen LogP contribution in [0.3, 0.4) is 0 Å².